The normalized spacial score (nSPS) is 10.2. The van der Waals surface area contributed by atoms with Crippen LogP contribution in [-0.4, -0.2) is 14.3 Å². The molecule has 0 saturated carbocycles. The summed E-state index contributed by atoms with van der Waals surface area (Å²) in [5.74, 6) is 0.0476. The highest BCUT2D eigenvalue weighted by molar-refractivity contribution is 5.53. The zero-order chi connectivity index (χ0) is 14.8. The first kappa shape index (κ1) is 12.6. The Morgan fingerprint density at radius 3 is 2.67 bits per heavy atom. The van der Waals surface area contributed by atoms with Gasteiger partial charge >= 0.3 is 11.7 Å². The molecule has 0 radical (unpaired) electrons. The van der Waals surface area contributed by atoms with Crippen LogP contribution >= 0.6 is 0 Å². The number of benzene rings is 1. The fourth-order valence-corrected chi connectivity index (χ4v) is 1.91. The molecule has 0 unspecified atom stereocenters. The standard InChI is InChI=1S/C14H8N4O3/c15-9-10-4-6-11(7-5-10)21-13-14(18(19)20)17-8-2-1-3-12(17)16-13/h1-8H. The molecule has 7 heteroatoms. The molecule has 0 bridgehead atoms. The predicted octanol–water partition coefficient (Wildman–Crippen LogP) is 2.91. The second kappa shape index (κ2) is 4.94. The molecule has 1 aromatic carbocycles. The third-order valence-electron chi connectivity index (χ3n) is 2.84. The summed E-state index contributed by atoms with van der Waals surface area (Å²) in [6, 6.07) is 13.3. The van der Waals surface area contributed by atoms with Crippen molar-refractivity contribution in [2.75, 3.05) is 0 Å². The molecule has 0 fully saturated rings. The van der Waals surface area contributed by atoms with Gasteiger partial charge in [0.15, 0.2) is 0 Å². The van der Waals surface area contributed by atoms with Gasteiger partial charge in [0.2, 0.25) is 5.65 Å². The number of imidazole rings is 1. The van der Waals surface area contributed by atoms with Crippen molar-refractivity contribution < 1.29 is 9.66 Å². The van der Waals surface area contributed by atoms with E-state index < -0.39 is 4.92 Å². The van der Waals surface area contributed by atoms with Crippen LogP contribution < -0.4 is 4.74 Å². The fourth-order valence-electron chi connectivity index (χ4n) is 1.91. The van der Waals surface area contributed by atoms with Gasteiger partial charge in [0, 0.05) is 6.07 Å². The Bertz CT molecular complexity index is 862. The molecule has 102 valence electrons. The smallest absolute Gasteiger partial charge is 0.392 e. The second-order valence-electron chi connectivity index (χ2n) is 4.16. The maximum Gasteiger partial charge on any atom is 0.392 e. The third-order valence-corrected chi connectivity index (χ3v) is 2.84. The molecule has 0 amide bonds. The van der Waals surface area contributed by atoms with E-state index in [-0.39, 0.29) is 11.7 Å². The van der Waals surface area contributed by atoms with E-state index >= 15 is 0 Å². The van der Waals surface area contributed by atoms with Crippen LogP contribution in [0.15, 0.2) is 48.7 Å². The molecule has 0 saturated heterocycles. The summed E-state index contributed by atoms with van der Waals surface area (Å²) >= 11 is 0. The molecule has 0 N–H and O–H groups in total. The number of nitrogens with zero attached hydrogens (tertiary/aromatic N) is 4. The number of hydrogen-bond donors (Lipinski definition) is 0. The van der Waals surface area contributed by atoms with Crippen LogP contribution in [0.3, 0.4) is 0 Å². The molecule has 3 aromatic rings. The maximum atomic E-state index is 11.2. The first-order valence-corrected chi connectivity index (χ1v) is 5.98. The summed E-state index contributed by atoms with van der Waals surface area (Å²) in [5, 5.41) is 19.9. The minimum Gasteiger partial charge on any atom is -0.433 e. The van der Waals surface area contributed by atoms with Crippen LogP contribution in [0.2, 0.25) is 0 Å². The van der Waals surface area contributed by atoms with Crippen LogP contribution in [0.4, 0.5) is 5.82 Å². The Balaban J connectivity index is 2.05. The molecule has 2 aromatic heterocycles. The van der Waals surface area contributed by atoms with Gasteiger partial charge < -0.3 is 14.9 Å². The second-order valence-corrected chi connectivity index (χ2v) is 4.16. The van der Waals surface area contributed by atoms with Crippen molar-refractivity contribution >= 4 is 11.5 Å². The summed E-state index contributed by atoms with van der Waals surface area (Å²) in [5.41, 5.74) is 0.902. The lowest BCUT2D eigenvalue weighted by Gasteiger charge is -2.02. The van der Waals surface area contributed by atoms with Gasteiger partial charge in [0.1, 0.15) is 5.75 Å². The summed E-state index contributed by atoms with van der Waals surface area (Å²) in [6.45, 7) is 0. The monoisotopic (exact) mass is 280 g/mol. The lowest BCUT2D eigenvalue weighted by molar-refractivity contribution is -0.391. The highest BCUT2D eigenvalue weighted by Gasteiger charge is 2.24. The Morgan fingerprint density at radius 2 is 2.00 bits per heavy atom. The molecule has 0 aliphatic carbocycles. The highest BCUT2D eigenvalue weighted by atomic mass is 16.6. The van der Waals surface area contributed by atoms with Gasteiger partial charge in [-0.3, -0.25) is 0 Å². The van der Waals surface area contributed by atoms with Crippen LogP contribution in [-0.2, 0) is 0 Å². The fraction of sp³-hybridized carbons (Fsp3) is 0. The molecule has 3 rings (SSSR count). The number of hydrogen-bond acceptors (Lipinski definition) is 5. The first-order chi connectivity index (χ1) is 10.2. The molecule has 21 heavy (non-hydrogen) atoms. The molecule has 7 nitrogen and oxygen atoms in total. The molecule has 0 aliphatic heterocycles. The Labute approximate surface area is 118 Å². The minimum atomic E-state index is -0.543. The Kier molecular flexibility index (Phi) is 2.97. The van der Waals surface area contributed by atoms with Crippen molar-refractivity contribution in [1.82, 2.24) is 9.38 Å². The average Bonchev–Trinajstić information content (AvgIpc) is 2.86. The quantitative estimate of drug-likeness (QED) is 0.543. The molecule has 2 heterocycles. The Hall–Kier alpha value is -3.40. The van der Waals surface area contributed by atoms with Crippen LogP contribution in [0.5, 0.6) is 11.6 Å². The Morgan fingerprint density at radius 1 is 1.24 bits per heavy atom. The topological polar surface area (TPSA) is 93.5 Å². The van der Waals surface area contributed by atoms with Gasteiger partial charge in [0.25, 0.3) is 0 Å². The number of pyridine rings is 1. The largest absolute Gasteiger partial charge is 0.433 e. The highest BCUT2D eigenvalue weighted by Crippen LogP contribution is 2.31. The average molecular weight is 280 g/mol. The third kappa shape index (κ3) is 2.26. The molecule has 0 atom stereocenters. The number of nitriles is 1. The predicted molar refractivity (Wildman–Crippen MR) is 73.1 cm³/mol. The summed E-state index contributed by atoms with van der Waals surface area (Å²) in [4.78, 5) is 14.8. The van der Waals surface area contributed by atoms with E-state index in [1.807, 2.05) is 6.07 Å². The summed E-state index contributed by atoms with van der Waals surface area (Å²) < 4.78 is 6.82. The van der Waals surface area contributed by atoms with Crippen LogP contribution in [0.25, 0.3) is 5.65 Å². The van der Waals surface area contributed by atoms with Crippen molar-refractivity contribution in [3.8, 4) is 17.7 Å². The van der Waals surface area contributed by atoms with E-state index in [9.17, 15) is 10.1 Å². The van der Waals surface area contributed by atoms with E-state index in [1.54, 1.807) is 48.7 Å². The van der Waals surface area contributed by atoms with Crippen molar-refractivity contribution in [3.05, 3.63) is 64.3 Å². The first-order valence-electron chi connectivity index (χ1n) is 5.98. The SMILES string of the molecule is N#Cc1ccc(Oc2nc3ccccn3c2[N+](=O)[O-])cc1. The molecular weight excluding hydrogens is 272 g/mol. The van der Waals surface area contributed by atoms with E-state index in [1.165, 1.54) is 4.40 Å². The van der Waals surface area contributed by atoms with Gasteiger partial charge in [-0.1, -0.05) is 6.07 Å². The number of fused-ring (bicyclic) bond motifs is 1. The van der Waals surface area contributed by atoms with Crippen molar-refractivity contribution in [1.29, 1.82) is 5.26 Å². The number of nitro groups is 1. The maximum absolute atomic E-state index is 11.2. The van der Waals surface area contributed by atoms with Gasteiger partial charge in [-0.2, -0.15) is 14.6 Å². The number of aromatic nitrogens is 2. The van der Waals surface area contributed by atoms with Crippen molar-refractivity contribution in [2.45, 2.75) is 0 Å². The summed E-state index contributed by atoms with van der Waals surface area (Å²) in [7, 11) is 0. The molecular formula is C14H8N4O3. The van der Waals surface area contributed by atoms with Gasteiger partial charge in [0.05, 0.1) is 17.8 Å². The molecule has 0 aliphatic rings. The minimum absolute atomic E-state index is 0.0871. The number of ether oxygens (including phenoxy) is 1. The van der Waals surface area contributed by atoms with Gasteiger partial charge in [-0.15, -0.1) is 0 Å². The van der Waals surface area contributed by atoms with Crippen LogP contribution in [0, 0.1) is 21.4 Å². The summed E-state index contributed by atoms with van der Waals surface area (Å²) in [6.07, 6.45) is 1.55. The van der Waals surface area contributed by atoms with E-state index in [4.69, 9.17) is 10.00 Å². The van der Waals surface area contributed by atoms with Crippen molar-refractivity contribution in [3.63, 3.8) is 0 Å². The zero-order valence-electron chi connectivity index (χ0n) is 10.6. The molecule has 0 spiro atoms. The van der Waals surface area contributed by atoms with E-state index in [2.05, 4.69) is 4.98 Å². The van der Waals surface area contributed by atoms with Crippen molar-refractivity contribution in [2.24, 2.45) is 0 Å². The van der Waals surface area contributed by atoms with Gasteiger partial charge in [-0.05, 0) is 35.3 Å². The van der Waals surface area contributed by atoms with Crippen LogP contribution in [0.1, 0.15) is 5.56 Å². The van der Waals surface area contributed by atoms with E-state index in [0.29, 0.717) is 17.0 Å². The number of rotatable bonds is 3. The zero-order valence-corrected chi connectivity index (χ0v) is 10.6. The van der Waals surface area contributed by atoms with E-state index in [0.717, 1.165) is 0 Å². The lowest BCUT2D eigenvalue weighted by atomic mass is 10.2. The lowest BCUT2D eigenvalue weighted by Crippen LogP contribution is -1.96. The van der Waals surface area contributed by atoms with Gasteiger partial charge in [-0.25, -0.2) is 0 Å².